The van der Waals surface area contributed by atoms with Gasteiger partial charge in [0.15, 0.2) is 17.4 Å². The molecule has 25 heteroatoms. The third kappa shape index (κ3) is 9.67. The molecule has 0 radical (unpaired) electrons. The summed E-state index contributed by atoms with van der Waals surface area (Å²) >= 11 is 0. The van der Waals surface area contributed by atoms with Crippen molar-refractivity contribution in [2.75, 3.05) is 6.61 Å². The summed E-state index contributed by atoms with van der Waals surface area (Å²) < 4.78 is 50.8. The van der Waals surface area contributed by atoms with E-state index in [1.165, 1.54) is 0 Å². The van der Waals surface area contributed by atoms with Crippen LogP contribution in [0.25, 0.3) is 11.2 Å². The van der Waals surface area contributed by atoms with Gasteiger partial charge in [-0.2, -0.15) is 0 Å². The number of phosphoric ester groups is 1. The molecule has 7 atom stereocenters. The minimum atomic E-state index is -6.03. The van der Waals surface area contributed by atoms with Gasteiger partial charge >= 0.3 is 66.9 Å². The molecule has 0 saturated carbocycles. The Morgan fingerprint density at radius 1 is 1.09 bits per heavy atom. The maximum atomic E-state index is 11.7. The molecule has 0 amide bonds. The smallest absolute Gasteiger partial charge is 0.756 e. The summed E-state index contributed by atoms with van der Waals surface area (Å²) in [5, 5.41) is 20.3. The van der Waals surface area contributed by atoms with Crippen LogP contribution in [0.3, 0.4) is 0 Å². The van der Waals surface area contributed by atoms with Crippen LogP contribution in [0, 0.1) is 0 Å². The molecule has 1 aliphatic heterocycles. The number of phosphoric acid groups is 3. The first-order valence-corrected chi connectivity index (χ1v) is 12.3. The molecule has 3 unspecified atom stereocenters. The van der Waals surface area contributed by atoms with Gasteiger partial charge < -0.3 is 50.5 Å². The van der Waals surface area contributed by atoms with Gasteiger partial charge in [-0.05, 0) is 0 Å². The molecule has 2 aromatic rings. The average Bonchev–Trinajstić information content (AvgIpc) is 3.13. The zero-order chi connectivity index (χ0) is 23.2. The van der Waals surface area contributed by atoms with E-state index in [4.69, 9.17) is 9.63 Å². The predicted molar refractivity (Wildman–Crippen MR) is 96.7 cm³/mol. The first-order chi connectivity index (χ1) is 14.2. The Kier molecular flexibility index (Phi) is 15.2. The van der Waals surface area contributed by atoms with Gasteiger partial charge in [0.2, 0.25) is 0 Å². The van der Waals surface area contributed by atoms with Crippen LogP contribution in [0.2, 0.25) is 0 Å². The minimum Gasteiger partial charge on any atom is -0.756 e. The first kappa shape index (κ1) is 37.7. The van der Waals surface area contributed by atoms with Gasteiger partial charge in [-0.3, -0.25) is 23.0 Å². The van der Waals surface area contributed by atoms with Crippen molar-refractivity contribution in [3.63, 3.8) is 0 Å². The fourth-order valence-electron chi connectivity index (χ4n) is 2.60. The molecular weight excluding hydrogens is 571 g/mol. The van der Waals surface area contributed by atoms with Crippen LogP contribution in [0.1, 0.15) is 6.23 Å². The number of aliphatic hydroxyl groups excluding tert-OH is 2. The van der Waals surface area contributed by atoms with E-state index >= 15 is 0 Å². The number of rotatable bonds is 8. The summed E-state index contributed by atoms with van der Waals surface area (Å²) in [6.07, 6.45) is -4.18. The van der Waals surface area contributed by atoms with Gasteiger partial charge in [0.05, 0.1) is 19.3 Å². The molecule has 9 N–H and O–H groups in total. The van der Waals surface area contributed by atoms with E-state index in [9.17, 15) is 43.4 Å². The molecule has 0 spiro atoms. The van der Waals surface area contributed by atoms with E-state index in [-0.39, 0.29) is 81.2 Å². The predicted octanol–water partition coefficient (Wildman–Crippen LogP) is -10.8. The average molecular weight is 588 g/mol. The van der Waals surface area contributed by atoms with Gasteiger partial charge in [-0.25, -0.2) is 23.2 Å². The zero-order valence-corrected chi connectivity index (χ0v) is 24.4. The fraction of sp³-hybridized carbons (Fsp3) is 0.500. The molecule has 3 rings (SSSR count). The van der Waals surface area contributed by atoms with E-state index in [0.29, 0.717) is 0 Å². The number of H-pyrrole nitrogens is 1. The summed E-state index contributed by atoms with van der Waals surface area (Å²) in [7, 11) is -17.4. The number of fused-ring (bicyclic) bond motifs is 1. The maximum Gasteiger partial charge on any atom is 1.00 e. The van der Waals surface area contributed by atoms with Crippen LogP contribution in [0.4, 0.5) is 0 Å². The molecule has 1 saturated heterocycles. The molecule has 2 aromatic heterocycles. The summed E-state index contributed by atoms with van der Waals surface area (Å²) in [5.41, 5.74) is -0.718. The molecule has 1 fully saturated rings. The number of aromatic amines is 1. The van der Waals surface area contributed by atoms with Crippen LogP contribution in [-0.4, -0.2) is 75.4 Å². The van der Waals surface area contributed by atoms with Gasteiger partial charge in [-0.15, -0.1) is 0 Å². The second-order valence-electron chi connectivity index (χ2n) is 5.95. The maximum absolute atomic E-state index is 11.7. The Morgan fingerprint density at radius 2 is 1.69 bits per heavy atom. The topological polar surface area (TPSA) is 342 Å². The molecule has 0 bridgehead atoms. The van der Waals surface area contributed by atoms with Crippen molar-refractivity contribution in [3.8, 4) is 0 Å². The van der Waals surface area contributed by atoms with E-state index in [0.717, 1.165) is 17.2 Å². The summed E-state index contributed by atoms with van der Waals surface area (Å²) in [5.74, 6) is 0. The number of hydrogen-bond donors (Lipinski definition) is 5. The second kappa shape index (κ2) is 14.1. The fourth-order valence-corrected chi connectivity index (χ4v) is 5.54. The third-order valence-corrected chi connectivity index (χ3v) is 7.51. The standard InChI is InChI=1S/C10H15N4O14P3.2Na.2H2O/c15-6-4(1-25-30(21,22)28-31(23,24)27-29(18,19)20)26-10(7(6)16)14-3-13-5-8(14)11-2-12-9(5)17;;;;/h2-4,6-7,10,15-16H,1H2,(H,21,22)(H,23,24)(H,11,12,17)(H2,18,19,20);;;2*1H2/q;2*+1;;/p-2/t4-,6-,7-,10-;;;;/m1..../s1. The quantitative estimate of drug-likeness (QED) is 0.141. The van der Waals surface area contributed by atoms with Crippen LogP contribution >= 0.6 is 23.5 Å². The molecule has 3 heterocycles. The number of imidazole rings is 1. The van der Waals surface area contributed by atoms with Crippen LogP contribution < -0.4 is 74.5 Å². The van der Waals surface area contributed by atoms with E-state index in [2.05, 4.69) is 28.1 Å². The Labute approximate surface area is 238 Å². The largest absolute Gasteiger partial charge is 1.00 e. The van der Waals surface area contributed by atoms with Crippen molar-refractivity contribution in [1.29, 1.82) is 0 Å². The van der Waals surface area contributed by atoms with E-state index in [1.54, 1.807) is 0 Å². The van der Waals surface area contributed by atoms with Crippen LogP contribution in [0.5, 0.6) is 0 Å². The Balaban J connectivity index is 0. The van der Waals surface area contributed by atoms with E-state index < -0.39 is 60.2 Å². The molecule has 35 heavy (non-hydrogen) atoms. The SMILES string of the molecule is O.O.O=c1[nH]cnc2c1ncn2[C@@H]1O[C@H](COP(=O)(O)OP(=O)([O-])OP(=O)([O-])O)[C@@H](O)[C@H]1O.[Na+].[Na+]. The molecule has 20 nitrogen and oxygen atoms in total. The zero-order valence-electron chi connectivity index (χ0n) is 17.7. The number of ether oxygens (including phenoxy) is 1. The van der Waals surface area contributed by atoms with Crippen LogP contribution in [-0.2, 0) is 31.6 Å². The molecule has 1 aliphatic rings. The van der Waals surface area contributed by atoms with E-state index in [1.807, 2.05) is 0 Å². The van der Waals surface area contributed by atoms with Gasteiger partial charge in [0, 0.05) is 0 Å². The third-order valence-electron chi connectivity index (χ3n) is 3.78. The molecule has 0 aliphatic carbocycles. The Bertz CT molecular complexity index is 1170. The number of nitrogens with one attached hydrogen (secondary N) is 1. The normalized spacial score (nSPS) is 26.6. The molecular formula is C10H17N4Na2O16P3. The molecule has 190 valence electrons. The molecule has 0 aromatic carbocycles. The number of hydrogen-bond acceptors (Lipinski definition) is 14. The van der Waals surface area contributed by atoms with Crippen molar-refractivity contribution in [1.82, 2.24) is 19.5 Å². The van der Waals surface area contributed by atoms with Gasteiger partial charge in [-0.1, -0.05) is 0 Å². The summed E-state index contributed by atoms with van der Waals surface area (Å²) in [6, 6.07) is 0. The number of nitrogens with zero attached hydrogens (tertiary/aromatic N) is 3. The minimum absolute atomic E-state index is 0. The second-order valence-corrected chi connectivity index (χ2v) is 10.3. The number of aromatic nitrogens is 4. The summed E-state index contributed by atoms with van der Waals surface area (Å²) in [4.78, 5) is 61.0. The van der Waals surface area contributed by atoms with Gasteiger partial charge in [0.25, 0.3) is 21.2 Å². The van der Waals surface area contributed by atoms with Crippen molar-refractivity contribution in [3.05, 3.63) is 23.0 Å². The summed E-state index contributed by atoms with van der Waals surface area (Å²) in [6.45, 7) is -1.03. The van der Waals surface area contributed by atoms with Crippen molar-refractivity contribution in [2.45, 2.75) is 24.5 Å². The number of aliphatic hydroxyl groups is 2. The Morgan fingerprint density at radius 3 is 2.26 bits per heavy atom. The van der Waals surface area contributed by atoms with Crippen molar-refractivity contribution >= 4 is 34.6 Å². The first-order valence-electron chi connectivity index (χ1n) is 7.86. The Hall–Kier alpha value is 0.560. The van der Waals surface area contributed by atoms with Crippen LogP contribution in [0.15, 0.2) is 17.4 Å². The van der Waals surface area contributed by atoms with Crippen molar-refractivity contribution in [2.24, 2.45) is 0 Å². The van der Waals surface area contributed by atoms with Crippen molar-refractivity contribution < 1.29 is 131 Å². The monoisotopic (exact) mass is 588 g/mol. The van der Waals surface area contributed by atoms with Gasteiger partial charge in [0.1, 0.15) is 18.3 Å².